The summed E-state index contributed by atoms with van der Waals surface area (Å²) in [4.78, 5) is 22.9. The number of nitro groups is 2. The Morgan fingerprint density at radius 1 is 0.688 bits per heavy atom. The van der Waals surface area contributed by atoms with Crippen molar-refractivity contribution < 1.29 is 9.85 Å². The molecule has 1 aromatic rings. The van der Waals surface area contributed by atoms with Gasteiger partial charge in [0, 0.05) is 47.9 Å². The smallest absolute Gasteiger partial charge is 0.236 e. The molecule has 2 unspecified atom stereocenters. The maximum absolute atomic E-state index is 11.6. The molecule has 0 aliphatic carbocycles. The van der Waals surface area contributed by atoms with Crippen LogP contribution in [-0.2, 0) is 0 Å². The maximum Gasteiger partial charge on any atom is 0.236 e. The van der Waals surface area contributed by atoms with Crippen LogP contribution in [-0.4, -0.2) is 34.0 Å². The first kappa shape index (κ1) is 27.7. The molecule has 32 heavy (non-hydrogen) atoms. The van der Waals surface area contributed by atoms with E-state index in [2.05, 4.69) is 24.5 Å². The lowest BCUT2D eigenvalue weighted by Crippen LogP contribution is -2.42. The highest BCUT2D eigenvalue weighted by molar-refractivity contribution is 5.53. The Labute approximate surface area is 192 Å². The summed E-state index contributed by atoms with van der Waals surface area (Å²) in [6, 6.07) is 7.41. The van der Waals surface area contributed by atoms with Crippen LogP contribution in [0.5, 0.6) is 0 Å². The van der Waals surface area contributed by atoms with E-state index in [1.54, 1.807) is 13.8 Å². The number of hydrogen-bond donors (Lipinski definition) is 2. The van der Waals surface area contributed by atoms with Gasteiger partial charge < -0.3 is 10.6 Å². The molecule has 0 bridgehead atoms. The van der Waals surface area contributed by atoms with Crippen molar-refractivity contribution in [1.82, 2.24) is 0 Å². The number of nitrogens with zero attached hydrogens (tertiary/aromatic N) is 2. The van der Waals surface area contributed by atoms with Crippen LogP contribution in [0.15, 0.2) is 24.3 Å². The van der Waals surface area contributed by atoms with E-state index in [9.17, 15) is 20.2 Å². The Morgan fingerprint density at radius 2 is 1.03 bits per heavy atom. The second-order valence-electron chi connectivity index (χ2n) is 9.41. The standard InChI is InChI=1S/C24H42N4O4/c1-5-7-9-11-17-23(3,27(29)30)19-25-21-13-15-22(16-14-21)26-20-24(4,28(31)32)18-12-10-8-6-2/h13-16,25-26H,5-12,17-20H2,1-4H3. The van der Waals surface area contributed by atoms with Crippen molar-refractivity contribution in [1.29, 1.82) is 0 Å². The monoisotopic (exact) mass is 450 g/mol. The van der Waals surface area contributed by atoms with Crippen LogP contribution in [0.25, 0.3) is 0 Å². The van der Waals surface area contributed by atoms with Crippen LogP contribution in [0.2, 0.25) is 0 Å². The van der Waals surface area contributed by atoms with Crippen molar-refractivity contribution in [2.24, 2.45) is 0 Å². The van der Waals surface area contributed by atoms with Crippen LogP contribution >= 0.6 is 0 Å². The fourth-order valence-electron chi connectivity index (χ4n) is 3.64. The van der Waals surface area contributed by atoms with E-state index in [-0.39, 0.29) is 22.9 Å². The van der Waals surface area contributed by atoms with Crippen LogP contribution in [0.3, 0.4) is 0 Å². The zero-order valence-corrected chi connectivity index (χ0v) is 20.3. The molecular weight excluding hydrogens is 408 g/mol. The molecule has 0 radical (unpaired) electrons. The quantitative estimate of drug-likeness (QED) is 0.150. The van der Waals surface area contributed by atoms with E-state index < -0.39 is 11.1 Å². The molecule has 0 saturated carbocycles. The van der Waals surface area contributed by atoms with Crippen molar-refractivity contribution in [2.45, 2.75) is 103 Å². The van der Waals surface area contributed by atoms with Crippen LogP contribution < -0.4 is 10.6 Å². The zero-order valence-electron chi connectivity index (χ0n) is 20.3. The molecule has 8 heteroatoms. The minimum atomic E-state index is -1.00. The Kier molecular flexibility index (Phi) is 12.0. The fraction of sp³-hybridized carbons (Fsp3) is 0.750. The number of hydrogen-bond acceptors (Lipinski definition) is 6. The maximum atomic E-state index is 11.6. The van der Waals surface area contributed by atoms with Crippen molar-refractivity contribution in [3.8, 4) is 0 Å². The third-order valence-electron chi connectivity index (χ3n) is 6.25. The van der Waals surface area contributed by atoms with Crippen molar-refractivity contribution in [2.75, 3.05) is 23.7 Å². The lowest BCUT2D eigenvalue weighted by molar-refractivity contribution is -0.562. The number of nitrogens with one attached hydrogen (secondary N) is 2. The summed E-state index contributed by atoms with van der Waals surface area (Å²) in [6.07, 6.45) is 9.24. The van der Waals surface area contributed by atoms with Crippen LogP contribution in [0.4, 0.5) is 11.4 Å². The minimum Gasteiger partial charge on any atom is -0.378 e. The normalized spacial score (nSPS) is 14.9. The average Bonchev–Trinajstić information content (AvgIpc) is 2.77. The summed E-state index contributed by atoms with van der Waals surface area (Å²) in [5.41, 5.74) is -0.408. The SMILES string of the molecule is CCCCCCC(C)(CNc1ccc(NCC(C)(CCCCCC)[N+](=O)[O-])cc1)[N+](=O)[O-]. The molecule has 1 rings (SSSR count). The van der Waals surface area contributed by atoms with Crippen molar-refractivity contribution >= 4 is 11.4 Å². The van der Waals surface area contributed by atoms with Gasteiger partial charge in [0.15, 0.2) is 0 Å². The molecule has 0 aliphatic rings. The molecule has 1 aromatic carbocycles. The van der Waals surface area contributed by atoms with Gasteiger partial charge in [0.05, 0.1) is 13.1 Å². The molecule has 0 amide bonds. The van der Waals surface area contributed by atoms with E-state index in [4.69, 9.17) is 0 Å². The molecule has 2 atom stereocenters. The van der Waals surface area contributed by atoms with Gasteiger partial charge in [0.25, 0.3) is 0 Å². The van der Waals surface area contributed by atoms with E-state index in [1.165, 1.54) is 0 Å². The van der Waals surface area contributed by atoms with Gasteiger partial charge in [-0.3, -0.25) is 20.2 Å². The van der Waals surface area contributed by atoms with Gasteiger partial charge in [-0.25, -0.2) is 0 Å². The largest absolute Gasteiger partial charge is 0.378 e. The highest BCUT2D eigenvalue weighted by Gasteiger charge is 2.37. The number of unbranched alkanes of at least 4 members (excludes halogenated alkanes) is 6. The fourth-order valence-corrected chi connectivity index (χ4v) is 3.64. The van der Waals surface area contributed by atoms with Gasteiger partial charge in [0.1, 0.15) is 0 Å². The molecule has 0 spiro atoms. The van der Waals surface area contributed by atoms with E-state index in [0.717, 1.165) is 62.7 Å². The van der Waals surface area contributed by atoms with Gasteiger partial charge in [0.2, 0.25) is 11.1 Å². The molecule has 0 fully saturated rings. The van der Waals surface area contributed by atoms with Crippen LogP contribution in [0.1, 0.15) is 91.9 Å². The third-order valence-corrected chi connectivity index (χ3v) is 6.25. The number of rotatable bonds is 18. The highest BCUT2D eigenvalue weighted by atomic mass is 16.6. The first-order chi connectivity index (χ1) is 15.2. The van der Waals surface area contributed by atoms with Gasteiger partial charge in [-0.05, 0) is 37.1 Å². The van der Waals surface area contributed by atoms with Gasteiger partial charge in [-0.15, -0.1) is 0 Å². The first-order valence-corrected chi connectivity index (χ1v) is 12.0. The molecular formula is C24H42N4O4. The second kappa shape index (κ2) is 13.9. The van der Waals surface area contributed by atoms with Gasteiger partial charge in [-0.1, -0.05) is 52.4 Å². The number of anilines is 2. The van der Waals surface area contributed by atoms with Crippen molar-refractivity contribution in [3.05, 3.63) is 44.5 Å². The highest BCUT2D eigenvalue weighted by Crippen LogP contribution is 2.23. The minimum absolute atomic E-state index is 0.180. The summed E-state index contributed by atoms with van der Waals surface area (Å²) >= 11 is 0. The summed E-state index contributed by atoms with van der Waals surface area (Å²) in [5, 5.41) is 29.6. The topological polar surface area (TPSA) is 110 Å². The third kappa shape index (κ3) is 9.40. The Hall–Kier alpha value is -2.38. The summed E-state index contributed by atoms with van der Waals surface area (Å²) in [5.74, 6) is 0. The predicted octanol–water partition coefficient (Wildman–Crippen LogP) is 6.52. The lowest BCUT2D eigenvalue weighted by atomic mass is 9.94. The van der Waals surface area contributed by atoms with E-state index >= 15 is 0 Å². The summed E-state index contributed by atoms with van der Waals surface area (Å²) in [6.45, 7) is 8.16. The Morgan fingerprint density at radius 3 is 1.31 bits per heavy atom. The van der Waals surface area contributed by atoms with Gasteiger partial charge in [-0.2, -0.15) is 0 Å². The zero-order chi connectivity index (χ0) is 24.0. The predicted molar refractivity (Wildman–Crippen MR) is 132 cm³/mol. The Balaban J connectivity index is 2.60. The molecule has 182 valence electrons. The van der Waals surface area contributed by atoms with Crippen molar-refractivity contribution in [3.63, 3.8) is 0 Å². The second-order valence-corrected chi connectivity index (χ2v) is 9.41. The summed E-state index contributed by atoms with van der Waals surface area (Å²) < 4.78 is 0. The lowest BCUT2D eigenvalue weighted by Gasteiger charge is -2.23. The van der Waals surface area contributed by atoms with E-state index in [0.29, 0.717) is 12.8 Å². The summed E-state index contributed by atoms with van der Waals surface area (Å²) in [7, 11) is 0. The van der Waals surface area contributed by atoms with Crippen LogP contribution in [0, 0.1) is 20.2 Å². The Bertz CT molecular complexity index is 639. The van der Waals surface area contributed by atoms with E-state index in [1.807, 2.05) is 24.3 Å². The number of benzene rings is 1. The average molecular weight is 451 g/mol. The molecule has 2 N–H and O–H groups in total. The molecule has 8 nitrogen and oxygen atoms in total. The first-order valence-electron chi connectivity index (χ1n) is 12.0. The molecule has 0 aliphatic heterocycles. The van der Waals surface area contributed by atoms with Gasteiger partial charge >= 0.3 is 0 Å². The molecule has 0 heterocycles. The molecule has 0 saturated heterocycles. The molecule has 0 aromatic heterocycles.